The van der Waals surface area contributed by atoms with Crippen molar-refractivity contribution in [1.82, 2.24) is 9.97 Å². The summed E-state index contributed by atoms with van der Waals surface area (Å²) in [6.07, 6.45) is 3.20. The van der Waals surface area contributed by atoms with Crippen LogP contribution in [0, 0.1) is 11.6 Å². The number of rotatable bonds is 1. The molecule has 0 fully saturated rings. The molecule has 4 heteroatoms. The van der Waals surface area contributed by atoms with E-state index in [0.29, 0.717) is 0 Å². The fourth-order valence-electron chi connectivity index (χ4n) is 2.94. The van der Waals surface area contributed by atoms with Crippen LogP contribution in [0.1, 0.15) is 22.6 Å². The summed E-state index contributed by atoms with van der Waals surface area (Å²) in [5.74, 6) is -0.656. The van der Waals surface area contributed by atoms with Crippen molar-refractivity contribution in [2.45, 2.75) is 5.92 Å². The Labute approximate surface area is 120 Å². The van der Waals surface area contributed by atoms with Gasteiger partial charge in [0, 0.05) is 23.2 Å². The predicted molar refractivity (Wildman–Crippen MR) is 74.8 cm³/mol. The minimum Gasteiger partial charge on any atom is -0.244 e. The van der Waals surface area contributed by atoms with Crippen LogP contribution in [0.25, 0.3) is 11.3 Å². The van der Waals surface area contributed by atoms with Gasteiger partial charge in [-0.15, -0.1) is 0 Å². The average Bonchev–Trinajstić information content (AvgIpc) is 2.82. The second kappa shape index (κ2) is 4.45. The highest BCUT2D eigenvalue weighted by atomic mass is 19.1. The van der Waals surface area contributed by atoms with E-state index in [1.807, 2.05) is 0 Å². The van der Waals surface area contributed by atoms with Crippen LogP contribution in [0.3, 0.4) is 0 Å². The van der Waals surface area contributed by atoms with Crippen LogP contribution < -0.4 is 0 Å². The minimum absolute atomic E-state index is 0.0857. The molecule has 1 aliphatic rings. The van der Waals surface area contributed by atoms with E-state index in [1.54, 1.807) is 24.4 Å². The molecule has 0 saturated carbocycles. The van der Waals surface area contributed by atoms with Crippen LogP contribution in [0.2, 0.25) is 0 Å². The summed E-state index contributed by atoms with van der Waals surface area (Å²) < 4.78 is 26.7. The zero-order valence-corrected chi connectivity index (χ0v) is 10.9. The van der Waals surface area contributed by atoms with Gasteiger partial charge in [-0.3, -0.25) is 0 Å². The Hall–Kier alpha value is -2.62. The molecule has 1 heterocycles. The van der Waals surface area contributed by atoms with E-state index >= 15 is 0 Å². The van der Waals surface area contributed by atoms with E-state index in [0.717, 1.165) is 27.9 Å². The van der Waals surface area contributed by atoms with Crippen LogP contribution in [-0.4, -0.2) is 9.97 Å². The summed E-state index contributed by atoms with van der Waals surface area (Å²) in [5, 5.41) is 0. The van der Waals surface area contributed by atoms with Gasteiger partial charge in [-0.25, -0.2) is 18.7 Å². The zero-order valence-electron chi connectivity index (χ0n) is 10.9. The molecule has 0 amide bonds. The van der Waals surface area contributed by atoms with Gasteiger partial charge < -0.3 is 0 Å². The van der Waals surface area contributed by atoms with E-state index < -0.39 is 0 Å². The number of fused-ring (bicyclic) bond motifs is 3. The van der Waals surface area contributed by atoms with Crippen molar-refractivity contribution in [3.05, 3.63) is 83.3 Å². The van der Waals surface area contributed by atoms with Gasteiger partial charge in [0.2, 0.25) is 0 Å². The molecule has 1 aromatic heterocycles. The molecule has 0 aliphatic heterocycles. The molecule has 102 valence electrons. The number of halogens is 2. The first-order chi connectivity index (χ1) is 10.2. The number of nitrogens with zero attached hydrogens (tertiary/aromatic N) is 2. The summed E-state index contributed by atoms with van der Waals surface area (Å²) in [5.41, 5.74) is 4.36. The molecule has 1 aliphatic carbocycles. The maximum atomic E-state index is 13.5. The SMILES string of the molecule is Fc1ccc(C2c3ccc(F)cc3-c3ncncc32)cc1. The largest absolute Gasteiger partial charge is 0.244 e. The maximum absolute atomic E-state index is 13.5. The highest BCUT2D eigenvalue weighted by Gasteiger charge is 2.31. The normalized spacial score (nSPS) is 15.6. The fraction of sp³-hybridized carbons (Fsp3) is 0.0588. The van der Waals surface area contributed by atoms with E-state index in [-0.39, 0.29) is 17.6 Å². The van der Waals surface area contributed by atoms with E-state index in [1.165, 1.54) is 30.6 Å². The Morgan fingerprint density at radius 3 is 2.43 bits per heavy atom. The van der Waals surface area contributed by atoms with Gasteiger partial charge in [-0.2, -0.15) is 0 Å². The molecule has 4 rings (SSSR count). The Bertz CT molecular complexity index is 828. The van der Waals surface area contributed by atoms with Crippen molar-refractivity contribution >= 4 is 0 Å². The van der Waals surface area contributed by atoms with Crippen molar-refractivity contribution in [2.75, 3.05) is 0 Å². The van der Waals surface area contributed by atoms with Crippen LogP contribution in [0.4, 0.5) is 8.78 Å². The monoisotopic (exact) mass is 280 g/mol. The molecule has 0 radical (unpaired) electrons. The Balaban J connectivity index is 1.98. The molecule has 0 bridgehead atoms. The third-order valence-electron chi connectivity index (χ3n) is 3.84. The van der Waals surface area contributed by atoms with Crippen molar-refractivity contribution in [2.24, 2.45) is 0 Å². The van der Waals surface area contributed by atoms with Crippen LogP contribution in [-0.2, 0) is 0 Å². The first-order valence-corrected chi connectivity index (χ1v) is 6.59. The summed E-state index contributed by atoms with van der Waals surface area (Å²) in [4.78, 5) is 8.36. The second-order valence-corrected chi connectivity index (χ2v) is 5.04. The lowest BCUT2D eigenvalue weighted by molar-refractivity contribution is 0.626. The first-order valence-electron chi connectivity index (χ1n) is 6.59. The molecule has 21 heavy (non-hydrogen) atoms. The van der Waals surface area contributed by atoms with E-state index in [2.05, 4.69) is 9.97 Å². The quantitative estimate of drug-likeness (QED) is 0.528. The number of aromatic nitrogens is 2. The van der Waals surface area contributed by atoms with Gasteiger partial charge in [0.1, 0.15) is 18.0 Å². The van der Waals surface area contributed by atoms with E-state index in [4.69, 9.17) is 0 Å². The molecule has 2 nitrogen and oxygen atoms in total. The minimum atomic E-state index is -0.293. The van der Waals surface area contributed by atoms with Gasteiger partial charge >= 0.3 is 0 Å². The lowest BCUT2D eigenvalue weighted by Gasteiger charge is -2.13. The molecular formula is C17H10F2N2. The van der Waals surface area contributed by atoms with Gasteiger partial charge in [0.25, 0.3) is 0 Å². The molecule has 0 N–H and O–H groups in total. The smallest absolute Gasteiger partial charge is 0.123 e. The lowest BCUT2D eigenvalue weighted by Crippen LogP contribution is -2.00. The summed E-state index contributed by atoms with van der Waals surface area (Å²) in [6, 6.07) is 11.0. The van der Waals surface area contributed by atoms with Crippen LogP contribution in [0.5, 0.6) is 0 Å². The Morgan fingerprint density at radius 2 is 1.62 bits per heavy atom. The van der Waals surface area contributed by atoms with E-state index in [9.17, 15) is 8.78 Å². The fourth-order valence-corrected chi connectivity index (χ4v) is 2.94. The van der Waals surface area contributed by atoms with Crippen LogP contribution in [0.15, 0.2) is 55.0 Å². The zero-order chi connectivity index (χ0) is 14.4. The van der Waals surface area contributed by atoms with Gasteiger partial charge in [0.15, 0.2) is 0 Å². The molecule has 0 saturated heterocycles. The summed E-state index contributed by atoms with van der Waals surface area (Å²) >= 11 is 0. The third-order valence-corrected chi connectivity index (χ3v) is 3.84. The standard InChI is InChI=1S/C17H10F2N2/c18-11-3-1-10(2-4-11)16-13-6-5-12(19)7-14(13)17-15(16)8-20-9-21-17/h1-9,16H. The van der Waals surface area contributed by atoms with Gasteiger partial charge in [-0.1, -0.05) is 18.2 Å². The number of hydrogen-bond acceptors (Lipinski definition) is 2. The third kappa shape index (κ3) is 1.83. The first kappa shape index (κ1) is 12.1. The molecule has 1 unspecified atom stereocenters. The topological polar surface area (TPSA) is 25.8 Å². The highest BCUT2D eigenvalue weighted by molar-refractivity contribution is 5.77. The van der Waals surface area contributed by atoms with Crippen molar-refractivity contribution in [1.29, 1.82) is 0 Å². The number of hydrogen-bond donors (Lipinski definition) is 0. The predicted octanol–water partition coefficient (Wildman–Crippen LogP) is 3.92. The molecule has 0 spiro atoms. The molecule has 1 atom stereocenters. The lowest BCUT2D eigenvalue weighted by atomic mass is 9.90. The van der Waals surface area contributed by atoms with Crippen molar-refractivity contribution < 1.29 is 8.78 Å². The Kier molecular flexibility index (Phi) is 2.57. The Morgan fingerprint density at radius 1 is 0.857 bits per heavy atom. The molecule has 2 aromatic carbocycles. The van der Waals surface area contributed by atoms with Crippen LogP contribution >= 0.6 is 0 Å². The van der Waals surface area contributed by atoms with Crippen molar-refractivity contribution in [3.63, 3.8) is 0 Å². The van der Waals surface area contributed by atoms with Crippen molar-refractivity contribution in [3.8, 4) is 11.3 Å². The highest BCUT2D eigenvalue weighted by Crippen LogP contribution is 2.46. The maximum Gasteiger partial charge on any atom is 0.123 e. The molecular weight excluding hydrogens is 270 g/mol. The van der Waals surface area contributed by atoms with Gasteiger partial charge in [-0.05, 0) is 35.4 Å². The summed E-state index contributed by atoms with van der Waals surface area (Å²) in [6.45, 7) is 0. The van der Waals surface area contributed by atoms with Gasteiger partial charge in [0.05, 0.1) is 5.69 Å². The molecule has 3 aromatic rings. The average molecular weight is 280 g/mol. The summed E-state index contributed by atoms with van der Waals surface area (Å²) in [7, 11) is 0. The second-order valence-electron chi connectivity index (χ2n) is 5.04. The number of benzene rings is 2.